The van der Waals surface area contributed by atoms with E-state index in [4.69, 9.17) is 0 Å². The molecule has 142 valence electrons. The smallest absolute Gasteiger partial charge is 0.271 e. The predicted molar refractivity (Wildman–Crippen MR) is 103 cm³/mol. The number of para-hydroxylation sites is 1. The molecule has 3 aromatic rings. The lowest BCUT2D eigenvalue weighted by Gasteiger charge is -2.11. The van der Waals surface area contributed by atoms with Gasteiger partial charge < -0.3 is 0 Å². The highest BCUT2D eigenvalue weighted by Crippen LogP contribution is 2.21. The summed E-state index contributed by atoms with van der Waals surface area (Å²) < 4.78 is 1.60. The van der Waals surface area contributed by atoms with Crippen LogP contribution in [0.1, 0.15) is 28.5 Å². The summed E-state index contributed by atoms with van der Waals surface area (Å²) in [5, 5.41) is 4.23. The largest absolute Gasteiger partial charge is 0.290 e. The van der Waals surface area contributed by atoms with E-state index in [1.54, 1.807) is 16.9 Å². The van der Waals surface area contributed by atoms with E-state index in [1.807, 2.05) is 60.7 Å². The molecule has 2 heterocycles. The normalized spacial score (nSPS) is 18.6. The van der Waals surface area contributed by atoms with Crippen molar-refractivity contribution in [2.75, 3.05) is 0 Å². The van der Waals surface area contributed by atoms with Crippen molar-refractivity contribution in [3.63, 3.8) is 0 Å². The van der Waals surface area contributed by atoms with Gasteiger partial charge in [-0.3, -0.25) is 20.4 Å². The lowest BCUT2D eigenvalue weighted by Crippen LogP contribution is -2.50. The lowest BCUT2D eigenvalue weighted by atomic mass is 10.0. The Bertz CT molecular complexity index is 957. The van der Waals surface area contributed by atoms with Crippen LogP contribution in [-0.2, 0) is 4.79 Å². The Morgan fingerprint density at radius 2 is 1.64 bits per heavy atom. The topological polar surface area (TPSA) is 100 Å². The molecule has 4 rings (SSSR count). The highest BCUT2D eigenvalue weighted by atomic mass is 16.2. The molecule has 2 aromatic carbocycles. The first-order chi connectivity index (χ1) is 13.7. The van der Waals surface area contributed by atoms with Gasteiger partial charge in [0.1, 0.15) is 6.04 Å². The van der Waals surface area contributed by atoms with Crippen molar-refractivity contribution in [3.8, 4) is 5.69 Å². The minimum Gasteiger partial charge on any atom is -0.271 e. The number of carbonyl (C=O) groups is 2. The summed E-state index contributed by atoms with van der Waals surface area (Å²) in [6.45, 7) is 0. The number of hydrogen-bond acceptors (Lipinski definition) is 5. The number of carbonyl (C=O) groups excluding carboxylic acids is 2. The van der Waals surface area contributed by atoms with Crippen LogP contribution in [0.15, 0.2) is 72.9 Å². The molecule has 0 spiro atoms. The average Bonchev–Trinajstić information content (AvgIpc) is 3.43. The highest BCUT2D eigenvalue weighted by molar-refractivity contribution is 5.94. The van der Waals surface area contributed by atoms with E-state index in [9.17, 15) is 9.59 Å². The molecule has 0 bridgehead atoms. The van der Waals surface area contributed by atoms with Gasteiger partial charge in [0.25, 0.3) is 11.8 Å². The van der Waals surface area contributed by atoms with Crippen molar-refractivity contribution in [2.24, 2.45) is 0 Å². The standard InChI is InChI=1S/C20H20N6O2/c27-19(16-11-12-26(25-16)15-9-5-2-6-10-15)23-24-20(28)18-13-17(21-22-18)14-7-3-1-4-8-14/h1-12,17-18,21-22H,13H2,(H,23,27)(H,24,28). The van der Waals surface area contributed by atoms with E-state index in [1.165, 1.54) is 0 Å². The molecule has 0 radical (unpaired) electrons. The van der Waals surface area contributed by atoms with Crippen LogP contribution in [-0.4, -0.2) is 27.6 Å². The number of nitrogens with zero attached hydrogens (tertiary/aromatic N) is 2. The Morgan fingerprint density at radius 3 is 2.39 bits per heavy atom. The molecule has 8 heteroatoms. The zero-order valence-corrected chi connectivity index (χ0v) is 15.0. The molecule has 8 nitrogen and oxygen atoms in total. The zero-order chi connectivity index (χ0) is 19.3. The number of hydrogen-bond donors (Lipinski definition) is 4. The van der Waals surface area contributed by atoms with Crippen molar-refractivity contribution in [3.05, 3.63) is 84.2 Å². The number of hydrazine groups is 2. The second-order valence-corrected chi connectivity index (χ2v) is 6.46. The Labute approximate surface area is 161 Å². The minimum atomic E-state index is -0.478. The molecule has 1 saturated heterocycles. The van der Waals surface area contributed by atoms with E-state index in [0.717, 1.165) is 11.3 Å². The van der Waals surface area contributed by atoms with Crippen LogP contribution in [0.2, 0.25) is 0 Å². The third-order valence-electron chi connectivity index (χ3n) is 4.56. The molecular weight excluding hydrogens is 356 g/mol. The fourth-order valence-corrected chi connectivity index (χ4v) is 3.07. The van der Waals surface area contributed by atoms with Crippen LogP contribution in [0.5, 0.6) is 0 Å². The van der Waals surface area contributed by atoms with Crippen molar-refractivity contribution >= 4 is 11.8 Å². The van der Waals surface area contributed by atoms with Crippen molar-refractivity contribution in [2.45, 2.75) is 18.5 Å². The number of aromatic nitrogens is 2. The molecule has 2 unspecified atom stereocenters. The number of amides is 2. The Balaban J connectivity index is 1.30. The number of benzene rings is 2. The van der Waals surface area contributed by atoms with Crippen LogP contribution in [0.25, 0.3) is 5.69 Å². The maximum Gasteiger partial charge on any atom is 0.290 e. The van der Waals surface area contributed by atoms with E-state index in [0.29, 0.717) is 6.42 Å². The van der Waals surface area contributed by atoms with Crippen LogP contribution in [0, 0.1) is 0 Å². The Hall–Kier alpha value is -3.49. The fourth-order valence-electron chi connectivity index (χ4n) is 3.07. The number of nitrogens with one attached hydrogen (secondary N) is 4. The van der Waals surface area contributed by atoms with E-state index < -0.39 is 11.9 Å². The first kappa shape index (κ1) is 17.9. The lowest BCUT2D eigenvalue weighted by molar-refractivity contribution is -0.123. The Morgan fingerprint density at radius 1 is 0.929 bits per heavy atom. The van der Waals surface area contributed by atoms with E-state index >= 15 is 0 Å². The average molecular weight is 376 g/mol. The molecule has 1 fully saturated rings. The third kappa shape index (κ3) is 3.93. The van der Waals surface area contributed by atoms with Gasteiger partial charge in [-0.25, -0.2) is 15.5 Å². The first-order valence-corrected chi connectivity index (χ1v) is 8.98. The van der Waals surface area contributed by atoms with Gasteiger partial charge in [-0.1, -0.05) is 48.5 Å². The van der Waals surface area contributed by atoms with Crippen LogP contribution >= 0.6 is 0 Å². The highest BCUT2D eigenvalue weighted by Gasteiger charge is 2.30. The SMILES string of the molecule is O=C(NNC(=O)C1CC(c2ccccc2)NN1)c1ccn(-c2ccccc2)n1. The maximum atomic E-state index is 12.3. The van der Waals surface area contributed by atoms with Gasteiger partial charge in [0.2, 0.25) is 0 Å². The number of rotatable bonds is 4. The quantitative estimate of drug-likeness (QED) is 0.514. The molecule has 1 aliphatic rings. The summed E-state index contributed by atoms with van der Waals surface area (Å²) in [6, 6.07) is 20.5. The van der Waals surface area contributed by atoms with Gasteiger partial charge in [-0.2, -0.15) is 5.10 Å². The third-order valence-corrected chi connectivity index (χ3v) is 4.56. The van der Waals surface area contributed by atoms with Gasteiger partial charge in [0.05, 0.1) is 5.69 Å². The second-order valence-electron chi connectivity index (χ2n) is 6.46. The molecule has 1 aliphatic heterocycles. The van der Waals surface area contributed by atoms with Gasteiger partial charge in [0, 0.05) is 12.2 Å². The predicted octanol–water partition coefficient (Wildman–Crippen LogP) is 1.24. The summed E-state index contributed by atoms with van der Waals surface area (Å²) in [6.07, 6.45) is 2.27. The van der Waals surface area contributed by atoms with E-state index in [-0.39, 0.29) is 17.6 Å². The molecule has 28 heavy (non-hydrogen) atoms. The van der Waals surface area contributed by atoms with Crippen LogP contribution in [0.4, 0.5) is 0 Å². The van der Waals surface area contributed by atoms with Gasteiger partial charge in [-0.05, 0) is 30.2 Å². The van der Waals surface area contributed by atoms with E-state index in [2.05, 4.69) is 26.8 Å². The molecular formula is C20H20N6O2. The summed E-state index contributed by atoms with van der Waals surface area (Å²) >= 11 is 0. The Kier molecular flexibility index (Phi) is 5.14. The summed E-state index contributed by atoms with van der Waals surface area (Å²) in [7, 11) is 0. The molecule has 2 atom stereocenters. The van der Waals surface area contributed by atoms with Crippen molar-refractivity contribution in [1.82, 2.24) is 31.5 Å². The van der Waals surface area contributed by atoms with Crippen LogP contribution in [0.3, 0.4) is 0 Å². The summed E-state index contributed by atoms with van der Waals surface area (Å²) in [4.78, 5) is 24.6. The molecule has 2 amide bonds. The molecule has 0 saturated carbocycles. The first-order valence-electron chi connectivity index (χ1n) is 8.98. The molecule has 1 aromatic heterocycles. The summed E-state index contributed by atoms with van der Waals surface area (Å²) in [5.41, 5.74) is 13.1. The molecule has 4 N–H and O–H groups in total. The summed E-state index contributed by atoms with van der Waals surface area (Å²) in [5.74, 6) is -0.796. The fraction of sp³-hybridized carbons (Fsp3) is 0.150. The van der Waals surface area contributed by atoms with Crippen molar-refractivity contribution in [1.29, 1.82) is 0 Å². The molecule has 0 aliphatic carbocycles. The monoisotopic (exact) mass is 376 g/mol. The van der Waals surface area contributed by atoms with Gasteiger partial charge in [-0.15, -0.1) is 0 Å². The minimum absolute atomic E-state index is 0.0363. The van der Waals surface area contributed by atoms with Crippen molar-refractivity contribution < 1.29 is 9.59 Å². The van der Waals surface area contributed by atoms with Gasteiger partial charge in [0.15, 0.2) is 5.69 Å². The second kappa shape index (κ2) is 8.03. The van der Waals surface area contributed by atoms with Crippen LogP contribution < -0.4 is 21.7 Å². The van der Waals surface area contributed by atoms with Gasteiger partial charge >= 0.3 is 0 Å². The maximum absolute atomic E-state index is 12.3. The zero-order valence-electron chi connectivity index (χ0n) is 15.0.